The Bertz CT molecular complexity index is 519. The third-order valence-corrected chi connectivity index (χ3v) is 3.56. The van der Waals surface area contributed by atoms with Crippen LogP contribution in [0.25, 0.3) is 0 Å². The van der Waals surface area contributed by atoms with Gasteiger partial charge in [0.1, 0.15) is 0 Å². The predicted molar refractivity (Wildman–Crippen MR) is 78.2 cm³/mol. The summed E-state index contributed by atoms with van der Waals surface area (Å²) in [5.41, 5.74) is 0.674. The van der Waals surface area contributed by atoms with E-state index in [9.17, 15) is 13.2 Å². The van der Waals surface area contributed by atoms with Gasteiger partial charge in [0.25, 0.3) is 0 Å². The number of rotatable bonds is 5. The number of likely N-dealkylation sites (N-methyl/N-ethyl adjacent to an activating group) is 1. The molecule has 122 valence electrons. The summed E-state index contributed by atoms with van der Waals surface area (Å²) in [6.45, 7) is 5.21. The van der Waals surface area contributed by atoms with Crippen LogP contribution in [0.4, 0.5) is 13.2 Å². The van der Waals surface area contributed by atoms with Gasteiger partial charge >= 0.3 is 12.1 Å². The summed E-state index contributed by atoms with van der Waals surface area (Å²) in [7, 11) is 1.91. The zero-order valence-corrected chi connectivity index (χ0v) is 12.8. The number of hydrogen-bond acceptors (Lipinski definition) is 4. The maximum absolute atomic E-state index is 12.9. The van der Waals surface area contributed by atoms with E-state index in [2.05, 4.69) is 4.99 Å². The van der Waals surface area contributed by atoms with Crippen LogP contribution >= 0.6 is 0 Å². The lowest BCUT2D eigenvalue weighted by atomic mass is 10.1. The molecule has 2 atom stereocenters. The number of hydroxylamine groups is 2. The van der Waals surface area contributed by atoms with Crippen molar-refractivity contribution in [2.24, 2.45) is 4.99 Å². The van der Waals surface area contributed by atoms with Crippen molar-refractivity contribution in [2.45, 2.75) is 32.2 Å². The highest BCUT2D eigenvalue weighted by atomic mass is 19.4. The summed E-state index contributed by atoms with van der Waals surface area (Å²) < 4.78 is 38.8. The Morgan fingerprint density at radius 1 is 1.32 bits per heavy atom. The molecule has 1 aromatic rings. The summed E-state index contributed by atoms with van der Waals surface area (Å²) in [5.74, 6) is -1.19. The Kier molecular flexibility index (Phi) is 5.08. The lowest BCUT2D eigenvalue weighted by Gasteiger charge is -2.30. The van der Waals surface area contributed by atoms with Gasteiger partial charge in [0.2, 0.25) is 0 Å². The minimum Gasteiger partial charge on any atom is -0.378 e. The highest BCUT2D eigenvalue weighted by molar-refractivity contribution is 5.82. The molecule has 0 radical (unpaired) electrons. The third-order valence-electron chi connectivity index (χ3n) is 3.56. The molecule has 0 N–H and O–H groups in total. The Balaban J connectivity index is 2.25. The van der Waals surface area contributed by atoms with Gasteiger partial charge in [0.05, 0.1) is 6.04 Å². The van der Waals surface area contributed by atoms with E-state index < -0.39 is 18.2 Å². The molecule has 0 amide bonds. The zero-order valence-electron chi connectivity index (χ0n) is 12.8. The molecule has 7 heteroatoms. The van der Waals surface area contributed by atoms with Crippen molar-refractivity contribution in [1.29, 1.82) is 0 Å². The van der Waals surface area contributed by atoms with Crippen molar-refractivity contribution in [1.82, 2.24) is 9.96 Å². The van der Waals surface area contributed by atoms with Crippen molar-refractivity contribution in [3.8, 4) is 0 Å². The van der Waals surface area contributed by atoms with E-state index in [0.29, 0.717) is 12.1 Å². The zero-order chi connectivity index (χ0) is 16.3. The van der Waals surface area contributed by atoms with E-state index in [0.717, 1.165) is 6.54 Å². The fourth-order valence-electron chi connectivity index (χ4n) is 2.30. The second-order valence-electron chi connectivity index (χ2n) is 5.37. The van der Waals surface area contributed by atoms with Crippen molar-refractivity contribution >= 4 is 5.90 Å². The van der Waals surface area contributed by atoms with Crippen LogP contribution in [0, 0.1) is 0 Å². The number of aliphatic imine (C=N–C) groups is 1. The van der Waals surface area contributed by atoms with Crippen molar-refractivity contribution in [3.05, 3.63) is 35.9 Å². The van der Waals surface area contributed by atoms with Crippen molar-refractivity contribution in [2.75, 3.05) is 20.1 Å². The Morgan fingerprint density at radius 2 is 1.95 bits per heavy atom. The Labute approximate surface area is 128 Å². The molecule has 0 aliphatic carbocycles. The predicted octanol–water partition coefficient (Wildman–Crippen LogP) is 3.23. The fourth-order valence-corrected chi connectivity index (χ4v) is 2.30. The highest BCUT2D eigenvalue weighted by Crippen LogP contribution is 2.34. The van der Waals surface area contributed by atoms with Crippen LogP contribution in [0.2, 0.25) is 0 Å². The van der Waals surface area contributed by atoms with Gasteiger partial charge < -0.3 is 9.74 Å². The molecular weight excluding hydrogens is 295 g/mol. The van der Waals surface area contributed by atoms with Crippen LogP contribution < -0.4 is 0 Å². The lowest BCUT2D eigenvalue weighted by molar-refractivity contribution is -0.154. The van der Waals surface area contributed by atoms with Crippen LogP contribution in [-0.4, -0.2) is 48.2 Å². The highest BCUT2D eigenvalue weighted by Gasteiger charge is 2.47. The lowest BCUT2D eigenvalue weighted by Crippen LogP contribution is -2.41. The standard InChI is InChI=1S/C15H20F3N3O/c1-4-20(3)10-11(2)21-13(12-8-6-5-7-9-12)19-14(22-21)15(16,17)18/h5-9,11,13H,4,10H2,1-3H3. The molecule has 0 spiro atoms. The number of nitrogens with zero attached hydrogens (tertiary/aromatic N) is 3. The summed E-state index contributed by atoms with van der Waals surface area (Å²) >= 11 is 0. The van der Waals surface area contributed by atoms with Gasteiger partial charge in [0, 0.05) is 6.54 Å². The van der Waals surface area contributed by atoms with Gasteiger partial charge in [0.15, 0.2) is 6.17 Å². The number of hydrogen-bond donors (Lipinski definition) is 0. The van der Waals surface area contributed by atoms with Crippen LogP contribution in [-0.2, 0) is 4.84 Å². The summed E-state index contributed by atoms with van der Waals surface area (Å²) in [6.07, 6.45) is -5.36. The first-order valence-corrected chi connectivity index (χ1v) is 7.17. The largest absolute Gasteiger partial charge is 0.470 e. The molecule has 1 aromatic carbocycles. The molecule has 0 saturated carbocycles. The average molecular weight is 315 g/mol. The third kappa shape index (κ3) is 3.78. The second-order valence-corrected chi connectivity index (χ2v) is 5.37. The molecule has 2 unspecified atom stereocenters. The Hall–Kier alpha value is -1.60. The normalized spacial score (nSPS) is 20.9. The van der Waals surface area contributed by atoms with Crippen molar-refractivity contribution in [3.63, 3.8) is 0 Å². The van der Waals surface area contributed by atoms with E-state index in [1.165, 1.54) is 5.06 Å². The maximum Gasteiger partial charge on any atom is 0.470 e. The fraction of sp³-hybridized carbons (Fsp3) is 0.533. The van der Waals surface area contributed by atoms with Gasteiger partial charge in [-0.05, 0) is 26.1 Å². The Morgan fingerprint density at radius 3 is 2.50 bits per heavy atom. The first-order valence-electron chi connectivity index (χ1n) is 7.17. The molecule has 1 aliphatic heterocycles. The van der Waals surface area contributed by atoms with Gasteiger partial charge in [-0.2, -0.15) is 13.2 Å². The SMILES string of the molecule is CCN(C)CC(C)N1OC(C(F)(F)F)=NC1c1ccccc1. The molecule has 4 nitrogen and oxygen atoms in total. The number of benzene rings is 1. The molecule has 0 saturated heterocycles. The number of halogens is 3. The monoisotopic (exact) mass is 315 g/mol. The number of alkyl halides is 3. The molecule has 22 heavy (non-hydrogen) atoms. The molecule has 0 fully saturated rings. The van der Waals surface area contributed by atoms with E-state index in [1.807, 2.05) is 31.9 Å². The van der Waals surface area contributed by atoms with Crippen molar-refractivity contribution < 1.29 is 18.0 Å². The van der Waals surface area contributed by atoms with E-state index in [4.69, 9.17) is 4.84 Å². The average Bonchev–Trinajstić information content (AvgIpc) is 2.93. The molecule has 0 aromatic heterocycles. The van der Waals surface area contributed by atoms with Gasteiger partial charge in [-0.15, -0.1) is 5.06 Å². The van der Waals surface area contributed by atoms with Crippen LogP contribution in [0.1, 0.15) is 25.6 Å². The van der Waals surface area contributed by atoms with E-state index in [-0.39, 0.29) is 6.04 Å². The van der Waals surface area contributed by atoms with Gasteiger partial charge in [-0.1, -0.05) is 37.3 Å². The van der Waals surface area contributed by atoms with Crippen LogP contribution in [0.5, 0.6) is 0 Å². The van der Waals surface area contributed by atoms with E-state index >= 15 is 0 Å². The van der Waals surface area contributed by atoms with Crippen LogP contribution in [0.3, 0.4) is 0 Å². The molecule has 1 heterocycles. The summed E-state index contributed by atoms with van der Waals surface area (Å²) in [6, 6.07) is 8.63. The van der Waals surface area contributed by atoms with Gasteiger partial charge in [-0.25, -0.2) is 4.99 Å². The molecule has 2 rings (SSSR count). The topological polar surface area (TPSA) is 28.1 Å². The smallest absolute Gasteiger partial charge is 0.378 e. The first kappa shape index (κ1) is 16.8. The molecule has 0 bridgehead atoms. The van der Waals surface area contributed by atoms with Gasteiger partial charge in [-0.3, -0.25) is 0 Å². The minimum atomic E-state index is -4.59. The minimum absolute atomic E-state index is 0.237. The summed E-state index contributed by atoms with van der Waals surface area (Å²) in [5, 5.41) is 1.32. The maximum atomic E-state index is 12.9. The molecular formula is C15H20F3N3O. The molecule has 1 aliphatic rings. The van der Waals surface area contributed by atoms with Crippen LogP contribution in [0.15, 0.2) is 35.3 Å². The second kappa shape index (κ2) is 6.66. The summed E-state index contributed by atoms with van der Waals surface area (Å²) in [4.78, 5) is 10.8. The van der Waals surface area contributed by atoms with E-state index in [1.54, 1.807) is 24.3 Å². The first-order chi connectivity index (χ1) is 10.3. The quantitative estimate of drug-likeness (QED) is 0.835.